The van der Waals surface area contributed by atoms with Crippen molar-refractivity contribution in [2.24, 2.45) is 0 Å². The number of carbonyl (C=O) groups is 1. The van der Waals surface area contributed by atoms with Crippen LogP contribution in [0.4, 0.5) is 11.4 Å². The summed E-state index contributed by atoms with van der Waals surface area (Å²) in [5.41, 5.74) is 1.94. The van der Waals surface area contributed by atoms with E-state index in [9.17, 15) is 4.79 Å². The Bertz CT molecular complexity index is 341. The van der Waals surface area contributed by atoms with Crippen LogP contribution in [0, 0.1) is 0 Å². The highest BCUT2D eigenvalue weighted by atomic mass is 16.1. The van der Waals surface area contributed by atoms with Crippen molar-refractivity contribution in [3.8, 4) is 0 Å². The Hall–Kier alpha value is -1.51. The van der Waals surface area contributed by atoms with Crippen molar-refractivity contribution in [3.63, 3.8) is 0 Å². The van der Waals surface area contributed by atoms with Gasteiger partial charge in [0.2, 0.25) is 5.91 Å². The van der Waals surface area contributed by atoms with E-state index in [1.54, 1.807) is 0 Å². The average Bonchev–Trinajstić information content (AvgIpc) is 2.31. The number of anilines is 2. The molecule has 0 spiro atoms. The first-order valence-electron chi connectivity index (χ1n) is 5.82. The molecule has 0 aliphatic heterocycles. The second-order valence-corrected chi connectivity index (χ2v) is 3.93. The van der Waals surface area contributed by atoms with Crippen molar-refractivity contribution in [3.05, 3.63) is 24.3 Å². The number of carbonyl (C=O) groups excluding carboxylic acids is 1. The summed E-state index contributed by atoms with van der Waals surface area (Å²) in [6.07, 6.45) is 1.60. The molecule has 0 radical (unpaired) electrons. The minimum absolute atomic E-state index is 0. The lowest BCUT2D eigenvalue weighted by Crippen LogP contribution is -2.13. The van der Waals surface area contributed by atoms with Gasteiger partial charge in [-0.25, -0.2) is 0 Å². The first-order valence-corrected chi connectivity index (χ1v) is 5.82. The van der Waals surface area contributed by atoms with E-state index in [1.165, 1.54) is 0 Å². The van der Waals surface area contributed by atoms with Gasteiger partial charge in [0.15, 0.2) is 0 Å². The SMILES string of the molecule is CCC(=O)Nc1ccc(NC(C)CC)cc1.[HH].[HH]. The molecule has 1 aromatic rings. The summed E-state index contributed by atoms with van der Waals surface area (Å²) in [5, 5.41) is 6.19. The molecule has 92 valence electrons. The lowest BCUT2D eigenvalue weighted by molar-refractivity contribution is -0.115. The number of hydrogen-bond donors (Lipinski definition) is 2. The normalized spacial score (nSPS) is 11.9. The van der Waals surface area contributed by atoms with Crippen molar-refractivity contribution in [1.29, 1.82) is 0 Å². The summed E-state index contributed by atoms with van der Waals surface area (Å²) in [7, 11) is 0. The highest BCUT2D eigenvalue weighted by molar-refractivity contribution is 5.90. The molecule has 0 heterocycles. The molecule has 1 unspecified atom stereocenters. The molecular formula is C13H24N2O. The molecule has 1 amide bonds. The van der Waals surface area contributed by atoms with Crippen LogP contribution in [0.3, 0.4) is 0 Å². The molecule has 1 aromatic carbocycles. The fraction of sp³-hybridized carbons (Fsp3) is 0.462. The Labute approximate surface area is 100 Å². The summed E-state index contributed by atoms with van der Waals surface area (Å²) in [4.78, 5) is 11.2. The molecule has 0 aliphatic carbocycles. The Balaban J connectivity index is 0. The highest BCUT2D eigenvalue weighted by Crippen LogP contribution is 2.15. The number of nitrogens with one attached hydrogen (secondary N) is 2. The smallest absolute Gasteiger partial charge is 0.224 e. The lowest BCUT2D eigenvalue weighted by atomic mass is 10.2. The maximum atomic E-state index is 11.2. The van der Waals surface area contributed by atoms with E-state index in [-0.39, 0.29) is 8.76 Å². The number of rotatable bonds is 5. The van der Waals surface area contributed by atoms with Crippen LogP contribution in [0.2, 0.25) is 0 Å². The van der Waals surface area contributed by atoms with Gasteiger partial charge in [-0.1, -0.05) is 13.8 Å². The molecule has 2 N–H and O–H groups in total. The number of amides is 1. The minimum atomic E-state index is 0. The standard InChI is InChI=1S/C13H20N2O.2H2/c1-4-10(3)14-11-6-8-12(9-7-11)15-13(16)5-2;;/h6-10,14H,4-5H2,1-3H3,(H,15,16);2*1H. The van der Waals surface area contributed by atoms with Crippen molar-refractivity contribution < 1.29 is 7.65 Å². The van der Waals surface area contributed by atoms with Gasteiger partial charge < -0.3 is 10.6 Å². The van der Waals surface area contributed by atoms with E-state index in [1.807, 2.05) is 31.2 Å². The molecule has 0 saturated heterocycles. The van der Waals surface area contributed by atoms with Gasteiger partial charge in [0.25, 0.3) is 0 Å². The molecule has 1 atom stereocenters. The second kappa shape index (κ2) is 6.16. The predicted octanol–water partition coefficient (Wildman–Crippen LogP) is 3.74. The summed E-state index contributed by atoms with van der Waals surface area (Å²) in [6.45, 7) is 6.13. The van der Waals surface area contributed by atoms with E-state index in [0.29, 0.717) is 12.5 Å². The van der Waals surface area contributed by atoms with Crippen LogP contribution < -0.4 is 10.6 Å². The van der Waals surface area contributed by atoms with Gasteiger partial charge in [0.1, 0.15) is 0 Å². The van der Waals surface area contributed by atoms with Gasteiger partial charge in [-0.2, -0.15) is 0 Å². The topological polar surface area (TPSA) is 41.1 Å². The third-order valence-corrected chi connectivity index (χ3v) is 2.52. The molecule has 16 heavy (non-hydrogen) atoms. The van der Waals surface area contributed by atoms with Gasteiger partial charge in [0, 0.05) is 26.7 Å². The summed E-state index contributed by atoms with van der Waals surface area (Å²) >= 11 is 0. The van der Waals surface area contributed by atoms with Crippen LogP contribution in [0.25, 0.3) is 0 Å². The largest absolute Gasteiger partial charge is 0.383 e. The van der Waals surface area contributed by atoms with Gasteiger partial charge >= 0.3 is 0 Å². The molecule has 0 fully saturated rings. The van der Waals surface area contributed by atoms with Crippen molar-refractivity contribution >= 4 is 17.3 Å². The lowest BCUT2D eigenvalue weighted by Gasteiger charge is -2.13. The fourth-order valence-electron chi connectivity index (χ4n) is 1.29. The molecule has 3 nitrogen and oxygen atoms in total. The summed E-state index contributed by atoms with van der Waals surface area (Å²) < 4.78 is 0. The number of benzene rings is 1. The molecule has 0 aliphatic rings. The second-order valence-electron chi connectivity index (χ2n) is 3.93. The van der Waals surface area contributed by atoms with Gasteiger partial charge in [0.05, 0.1) is 0 Å². The quantitative estimate of drug-likeness (QED) is 0.800. The van der Waals surface area contributed by atoms with E-state index in [4.69, 9.17) is 0 Å². The fourth-order valence-corrected chi connectivity index (χ4v) is 1.29. The predicted molar refractivity (Wildman–Crippen MR) is 73.0 cm³/mol. The maximum Gasteiger partial charge on any atom is 0.224 e. The highest BCUT2D eigenvalue weighted by Gasteiger charge is 2.00. The molecule has 0 bridgehead atoms. The van der Waals surface area contributed by atoms with Crippen molar-refractivity contribution in [2.75, 3.05) is 10.6 Å². The minimum Gasteiger partial charge on any atom is -0.383 e. The molecule has 0 aromatic heterocycles. The Morgan fingerprint density at radius 3 is 2.31 bits per heavy atom. The molecular weight excluding hydrogens is 200 g/mol. The van der Waals surface area contributed by atoms with Crippen LogP contribution in [0.15, 0.2) is 24.3 Å². The Kier molecular flexibility index (Phi) is 4.83. The van der Waals surface area contributed by atoms with E-state index >= 15 is 0 Å². The van der Waals surface area contributed by atoms with Gasteiger partial charge in [-0.3, -0.25) is 4.79 Å². The van der Waals surface area contributed by atoms with Crippen LogP contribution in [0.5, 0.6) is 0 Å². The zero-order valence-electron chi connectivity index (χ0n) is 10.2. The van der Waals surface area contributed by atoms with E-state index in [0.717, 1.165) is 17.8 Å². The maximum absolute atomic E-state index is 11.2. The molecule has 1 rings (SSSR count). The third-order valence-electron chi connectivity index (χ3n) is 2.52. The zero-order chi connectivity index (χ0) is 12.0. The van der Waals surface area contributed by atoms with Crippen LogP contribution >= 0.6 is 0 Å². The van der Waals surface area contributed by atoms with Gasteiger partial charge in [-0.15, -0.1) is 0 Å². The van der Waals surface area contributed by atoms with Crippen molar-refractivity contribution in [2.45, 2.75) is 39.7 Å². The first kappa shape index (κ1) is 12.6. The van der Waals surface area contributed by atoms with Crippen LogP contribution in [-0.4, -0.2) is 11.9 Å². The van der Waals surface area contributed by atoms with Crippen LogP contribution in [-0.2, 0) is 4.79 Å². The Morgan fingerprint density at radius 1 is 1.25 bits per heavy atom. The third kappa shape index (κ3) is 3.93. The summed E-state index contributed by atoms with van der Waals surface area (Å²) in [5.74, 6) is 0.0441. The molecule has 0 saturated carbocycles. The number of hydrogen-bond acceptors (Lipinski definition) is 2. The van der Waals surface area contributed by atoms with Crippen molar-refractivity contribution in [1.82, 2.24) is 0 Å². The van der Waals surface area contributed by atoms with E-state index in [2.05, 4.69) is 24.5 Å². The zero-order valence-corrected chi connectivity index (χ0v) is 10.2. The first-order chi connectivity index (χ1) is 7.65. The monoisotopic (exact) mass is 224 g/mol. The molecule has 3 heteroatoms. The van der Waals surface area contributed by atoms with Gasteiger partial charge in [-0.05, 0) is 37.6 Å². The summed E-state index contributed by atoms with van der Waals surface area (Å²) in [6, 6.07) is 8.27. The average molecular weight is 224 g/mol. The van der Waals surface area contributed by atoms with Crippen LogP contribution in [0.1, 0.15) is 36.5 Å². The Morgan fingerprint density at radius 2 is 1.81 bits per heavy atom. The van der Waals surface area contributed by atoms with E-state index < -0.39 is 0 Å².